The third-order valence-electron chi connectivity index (χ3n) is 7.51. The number of alkyl halides is 3. The summed E-state index contributed by atoms with van der Waals surface area (Å²) in [5.41, 5.74) is 6.67. The van der Waals surface area contributed by atoms with Crippen molar-refractivity contribution < 1.29 is 22.7 Å². The quantitative estimate of drug-likeness (QED) is 0.377. The number of piperazine rings is 1. The normalized spacial score (nSPS) is 17.3. The van der Waals surface area contributed by atoms with E-state index in [4.69, 9.17) is 10.5 Å². The SMILES string of the molecule is COc1ccc(-c2nc3c(C(=O)N4CCN([C@H](CN)c5ccccc5)C[C@H]4C)cnn3c(C(F)(F)F)c2C)cc1. The third-order valence-corrected chi connectivity index (χ3v) is 7.51. The number of amides is 1. The van der Waals surface area contributed by atoms with Gasteiger partial charge in [-0.1, -0.05) is 30.3 Å². The molecular weight excluding hydrogens is 521 g/mol. The molecule has 3 heterocycles. The summed E-state index contributed by atoms with van der Waals surface area (Å²) in [6.07, 6.45) is -3.53. The molecule has 4 aromatic rings. The van der Waals surface area contributed by atoms with Crippen molar-refractivity contribution in [2.75, 3.05) is 33.3 Å². The first kappa shape index (κ1) is 27.6. The zero-order valence-corrected chi connectivity index (χ0v) is 22.5. The second-order valence-electron chi connectivity index (χ2n) is 9.96. The van der Waals surface area contributed by atoms with E-state index in [0.29, 0.717) is 37.5 Å². The van der Waals surface area contributed by atoms with Crippen molar-refractivity contribution in [3.63, 3.8) is 0 Å². The number of methoxy groups -OCH3 is 1. The van der Waals surface area contributed by atoms with Crippen LogP contribution in [0.25, 0.3) is 16.9 Å². The van der Waals surface area contributed by atoms with Crippen LogP contribution in [-0.2, 0) is 6.18 Å². The Morgan fingerprint density at radius 2 is 1.82 bits per heavy atom. The van der Waals surface area contributed by atoms with Crippen molar-refractivity contribution >= 4 is 11.6 Å². The molecule has 2 aromatic heterocycles. The van der Waals surface area contributed by atoms with E-state index >= 15 is 0 Å². The van der Waals surface area contributed by atoms with Gasteiger partial charge in [0.2, 0.25) is 0 Å². The van der Waals surface area contributed by atoms with Gasteiger partial charge in [-0.25, -0.2) is 9.50 Å². The minimum absolute atomic E-state index is 0.00363. The molecule has 11 heteroatoms. The van der Waals surface area contributed by atoms with E-state index in [1.807, 2.05) is 37.3 Å². The fraction of sp³-hybridized carbons (Fsp3) is 0.345. The topological polar surface area (TPSA) is 89.0 Å². The summed E-state index contributed by atoms with van der Waals surface area (Å²) in [7, 11) is 1.51. The maximum absolute atomic E-state index is 14.3. The smallest absolute Gasteiger partial charge is 0.433 e. The molecule has 2 aromatic carbocycles. The van der Waals surface area contributed by atoms with Gasteiger partial charge in [-0.05, 0) is 43.7 Å². The average molecular weight is 553 g/mol. The number of nitrogens with two attached hydrogens (primary N) is 1. The van der Waals surface area contributed by atoms with Crippen LogP contribution < -0.4 is 10.5 Å². The minimum Gasteiger partial charge on any atom is -0.497 e. The number of fused-ring (bicyclic) bond motifs is 1. The summed E-state index contributed by atoms with van der Waals surface area (Å²) in [5, 5.41) is 3.98. The maximum atomic E-state index is 14.3. The highest BCUT2D eigenvalue weighted by Gasteiger charge is 2.39. The molecule has 1 amide bonds. The molecule has 0 spiro atoms. The highest BCUT2D eigenvalue weighted by atomic mass is 19.4. The summed E-state index contributed by atoms with van der Waals surface area (Å²) in [6, 6.07) is 16.3. The average Bonchev–Trinajstić information content (AvgIpc) is 3.36. The Hall–Kier alpha value is -3.96. The van der Waals surface area contributed by atoms with Crippen LogP contribution in [0.3, 0.4) is 0 Å². The molecule has 210 valence electrons. The molecule has 1 saturated heterocycles. The van der Waals surface area contributed by atoms with Gasteiger partial charge in [0.05, 0.1) is 19.0 Å². The van der Waals surface area contributed by atoms with Gasteiger partial charge in [0.25, 0.3) is 5.91 Å². The monoisotopic (exact) mass is 552 g/mol. The van der Waals surface area contributed by atoms with E-state index in [2.05, 4.69) is 15.0 Å². The molecular formula is C29H31F3N6O2. The summed E-state index contributed by atoms with van der Waals surface area (Å²) in [4.78, 5) is 22.2. The van der Waals surface area contributed by atoms with Crippen LogP contribution in [0.5, 0.6) is 5.75 Å². The molecule has 2 atom stereocenters. The maximum Gasteiger partial charge on any atom is 0.433 e. The fourth-order valence-corrected chi connectivity index (χ4v) is 5.48. The molecule has 0 radical (unpaired) electrons. The standard InChI is InChI=1S/C29H31F3N6O2/c1-18-17-36(24(15-33)20-7-5-4-6-8-20)13-14-37(18)28(39)23-16-34-38-26(29(30,31)32)19(2)25(35-27(23)38)21-9-11-22(40-3)12-10-21/h4-12,16,18,24H,13-15,17,33H2,1-3H3/t18-,24-/m1/s1. The Kier molecular flexibility index (Phi) is 7.52. The fourth-order valence-electron chi connectivity index (χ4n) is 5.48. The van der Waals surface area contributed by atoms with Crippen LogP contribution in [0, 0.1) is 6.92 Å². The first-order valence-electron chi connectivity index (χ1n) is 13.0. The number of ether oxygens (including phenoxy) is 1. The van der Waals surface area contributed by atoms with Crippen LogP contribution in [0.1, 0.15) is 40.1 Å². The van der Waals surface area contributed by atoms with Gasteiger partial charge >= 0.3 is 6.18 Å². The van der Waals surface area contributed by atoms with Crippen molar-refractivity contribution in [2.24, 2.45) is 5.73 Å². The molecule has 0 unspecified atom stereocenters. The second kappa shape index (κ2) is 10.9. The highest BCUT2D eigenvalue weighted by molar-refractivity contribution is 6.00. The molecule has 0 saturated carbocycles. The van der Waals surface area contributed by atoms with E-state index in [1.165, 1.54) is 20.2 Å². The largest absolute Gasteiger partial charge is 0.497 e. The van der Waals surface area contributed by atoms with Crippen LogP contribution in [-0.4, -0.2) is 69.6 Å². The first-order valence-corrected chi connectivity index (χ1v) is 13.0. The van der Waals surface area contributed by atoms with Gasteiger partial charge in [-0.15, -0.1) is 0 Å². The Morgan fingerprint density at radius 3 is 2.42 bits per heavy atom. The number of nitrogens with zero attached hydrogens (tertiary/aromatic N) is 5. The predicted octanol–water partition coefficient (Wildman–Crippen LogP) is 4.58. The molecule has 0 bridgehead atoms. The number of rotatable bonds is 6. The number of hydrogen-bond acceptors (Lipinski definition) is 6. The van der Waals surface area contributed by atoms with Gasteiger partial charge < -0.3 is 15.4 Å². The van der Waals surface area contributed by atoms with E-state index < -0.39 is 17.8 Å². The number of halogens is 3. The number of carbonyl (C=O) groups is 1. The van der Waals surface area contributed by atoms with Gasteiger partial charge in [-0.2, -0.15) is 18.3 Å². The molecule has 5 rings (SSSR count). The lowest BCUT2D eigenvalue weighted by atomic mass is 10.0. The minimum atomic E-state index is -4.72. The van der Waals surface area contributed by atoms with Crippen LogP contribution in [0.4, 0.5) is 13.2 Å². The number of benzene rings is 2. The Morgan fingerprint density at radius 1 is 1.12 bits per heavy atom. The van der Waals surface area contributed by atoms with Gasteiger partial charge in [0, 0.05) is 49.4 Å². The predicted molar refractivity (Wildman–Crippen MR) is 145 cm³/mol. The van der Waals surface area contributed by atoms with Crippen molar-refractivity contribution in [3.8, 4) is 17.0 Å². The van der Waals surface area contributed by atoms with Crippen LogP contribution >= 0.6 is 0 Å². The first-order chi connectivity index (χ1) is 19.1. The summed E-state index contributed by atoms with van der Waals surface area (Å²) in [5.74, 6) is 0.160. The van der Waals surface area contributed by atoms with Gasteiger partial charge in [-0.3, -0.25) is 9.69 Å². The molecule has 1 aliphatic heterocycles. The lowest BCUT2D eigenvalue weighted by Crippen LogP contribution is -2.55. The number of aromatic nitrogens is 3. The molecule has 1 aliphatic rings. The molecule has 8 nitrogen and oxygen atoms in total. The van der Waals surface area contributed by atoms with E-state index in [0.717, 1.165) is 10.1 Å². The van der Waals surface area contributed by atoms with Gasteiger partial charge in [0.15, 0.2) is 11.3 Å². The van der Waals surface area contributed by atoms with E-state index in [-0.39, 0.29) is 34.6 Å². The molecule has 40 heavy (non-hydrogen) atoms. The number of carbonyl (C=O) groups excluding carboxylic acids is 1. The number of hydrogen-bond donors (Lipinski definition) is 1. The van der Waals surface area contributed by atoms with Crippen LogP contribution in [0.2, 0.25) is 0 Å². The Balaban J connectivity index is 1.49. The molecule has 0 aliphatic carbocycles. The Bertz CT molecular complexity index is 1500. The van der Waals surface area contributed by atoms with Crippen molar-refractivity contribution in [3.05, 3.63) is 83.2 Å². The van der Waals surface area contributed by atoms with Crippen molar-refractivity contribution in [1.29, 1.82) is 0 Å². The van der Waals surface area contributed by atoms with E-state index in [9.17, 15) is 18.0 Å². The van der Waals surface area contributed by atoms with Crippen LogP contribution in [0.15, 0.2) is 60.8 Å². The van der Waals surface area contributed by atoms with Gasteiger partial charge in [0.1, 0.15) is 11.3 Å². The third kappa shape index (κ3) is 5.02. The summed E-state index contributed by atoms with van der Waals surface area (Å²) >= 11 is 0. The lowest BCUT2D eigenvalue weighted by molar-refractivity contribution is -0.143. The highest BCUT2D eigenvalue weighted by Crippen LogP contribution is 2.37. The zero-order chi connectivity index (χ0) is 28.6. The second-order valence-corrected chi connectivity index (χ2v) is 9.96. The molecule has 1 fully saturated rings. The lowest BCUT2D eigenvalue weighted by Gasteiger charge is -2.43. The summed E-state index contributed by atoms with van der Waals surface area (Å²) in [6.45, 7) is 5.25. The van der Waals surface area contributed by atoms with Crippen molar-refractivity contribution in [1.82, 2.24) is 24.4 Å². The summed E-state index contributed by atoms with van der Waals surface area (Å²) < 4.78 is 48.8. The van der Waals surface area contributed by atoms with E-state index in [1.54, 1.807) is 29.2 Å². The molecule has 2 N–H and O–H groups in total. The zero-order valence-electron chi connectivity index (χ0n) is 22.5. The Labute approximate surface area is 230 Å². The van der Waals surface area contributed by atoms with Crippen molar-refractivity contribution in [2.45, 2.75) is 32.1 Å².